The Bertz CT molecular complexity index is 637. The van der Waals surface area contributed by atoms with Gasteiger partial charge in [-0.1, -0.05) is 0 Å². The average Bonchev–Trinajstić information content (AvgIpc) is 2.96. The quantitative estimate of drug-likeness (QED) is 0.865. The molecule has 1 fully saturated rings. The van der Waals surface area contributed by atoms with Crippen LogP contribution in [0.3, 0.4) is 0 Å². The van der Waals surface area contributed by atoms with Crippen molar-refractivity contribution in [1.29, 1.82) is 0 Å². The van der Waals surface area contributed by atoms with E-state index in [9.17, 15) is 0 Å². The Morgan fingerprint density at radius 2 is 2.08 bits per heavy atom. The molecule has 4 rings (SSSR count). The van der Waals surface area contributed by atoms with Gasteiger partial charge in [0.25, 0.3) is 0 Å². The summed E-state index contributed by atoms with van der Waals surface area (Å²) in [6.45, 7) is 5.78. The van der Waals surface area contributed by atoms with Gasteiger partial charge >= 0.3 is 0 Å². The number of aromatic nitrogens is 2. The van der Waals surface area contributed by atoms with E-state index in [2.05, 4.69) is 32.8 Å². The van der Waals surface area contributed by atoms with Crippen LogP contribution in [0.15, 0.2) is 42.9 Å². The smallest absolute Gasteiger partial charge is 0.138 e. The maximum atomic E-state index is 6.23. The van der Waals surface area contributed by atoms with Crippen LogP contribution in [0.5, 0.6) is 5.75 Å². The molecule has 0 aliphatic carbocycles. The van der Waals surface area contributed by atoms with Gasteiger partial charge in [0.1, 0.15) is 11.9 Å². The highest BCUT2D eigenvalue weighted by Gasteiger charge is 2.25. The molecule has 0 radical (unpaired) electrons. The lowest BCUT2D eigenvalue weighted by atomic mass is 9.99. The van der Waals surface area contributed by atoms with Gasteiger partial charge in [-0.3, -0.25) is 9.88 Å². The molecule has 2 aromatic rings. The minimum absolute atomic E-state index is 0.141. The third kappa shape index (κ3) is 3.79. The Labute approximate surface area is 143 Å². The molecule has 4 heterocycles. The Morgan fingerprint density at radius 1 is 1.17 bits per heavy atom. The van der Waals surface area contributed by atoms with E-state index in [-0.39, 0.29) is 6.10 Å². The lowest BCUT2D eigenvalue weighted by Gasteiger charge is -2.30. The summed E-state index contributed by atoms with van der Waals surface area (Å²) < 4.78 is 14.1. The van der Waals surface area contributed by atoms with Crippen LogP contribution >= 0.6 is 0 Å². The van der Waals surface area contributed by atoms with Crippen LogP contribution in [0.2, 0.25) is 0 Å². The number of rotatable bonds is 4. The van der Waals surface area contributed by atoms with Crippen LogP contribution in [0, 0.1) is 5.92 Å². The first kappa shape index (κ1) is 15.7. The maximum absolute atomic E-state index is 6.23. The third-order valence-corrected chi connectivity index (χ3v) is 4.97. The fourth-order valence-corrected chi connectivity index (χ4v) is 3.75. The number of pyridine rings is 1. The number of nitrogens with zero attached hydrogens (tertiary/aromatic N) is 3. The lowest BCUT2D eigenvalue weighted by Crippen LogP contribution is -2.38. The molecule has 5 nitrogen and oxygen atoms in total. The van der Waals surface area contributed by atoms with Crippen molar-refractivity contribution in [3.8, 4) is 5.75 Å². The van der Waals surface area contributed by atoms with Crippen molar-refractivity contribution in [2.24, 2.45) is 5.92 Å². The van der Waals surface area contributed by atoms with E-state index in [1.165, 1.54) is 18.5 Å². The zero-order chi connectivity index (χ0) is 16.2. The maximum Gasteiger partial charge on any atom is 0.138 e. The predicted octanol–water partition coefficient (Wildman–Crippen LogP) is 2.57. The van der Waals surface area contributed by atoms with E-state index in [1.54, 1.807) is 12.4 Å². The van der Waals surface area contributed by atoms with Gasteiger partial charge in [-0.25, -0.2) is 0 Å². The first-order valence-corrected chi connectivity index (χ1v) is 8.87. The molecule has 0 amide bonds. The lowest BCUT2D eigenvalue weighted by molar-refractivity contribution is 0.0442. The minimum atomic E-state index is 0.141. The highest BCUT2D eigenvalue weighted by molar-refractivity contribution is 5.16. The van der Waals surface area contributed by atoms with Crippen molar-refractivity contribution in [3.63, 3.8) is 0 Å². The van der Waals surface area contributed by atoms with Gasteiger partial charge in [0.2, 0.25) is 0 Å². The summed E-state index contributed by atoms with van der Waals surface area (Å²) in [5.41, 5.74) is 1.37. The number of hydrogen-bond acceptors (Lipinski definition) is 4. The number of hydrogen-bond donors (Lipinski definition) is 0. The van der Waals surface area contributed by atoms with E-state index in [0.717, 1.165) is 51.1 Å². The second kappa shape index (κ2) is 7.36. The highest BCUT2D eigenvalue weighted by Crippen LogP contribution is 2.22. The normalized spacial score (nSPS) is 22.8. The fraction of sp³-hybridized carbons (Fsp3) is 0.526. The molecule has 128 valence electrons. The molecular weight excluding hydrogens is 302 g/mol. The Kier molecular flexibility index (Phi) is 4.81. The molecule has 1 atom stereocenters. The van der Waals surface area contributed by atoms with Gasteiger partial charge in [0.15, 0.2) is 0 Å². The van der Waals surface area contributed by atoms with Crippen LogP contribution < -0.4 is 4.74 Å². The number of ether oxygens (including phenoxy) is 2. The second-order valence-corrected chi connectivity index (χ2v) is 6.83. The van der Waals surface area contributed by atoms with Gasteiger partial charge in [0, 0.05) is 50.9 Å². The minimum Gasteiger partial charge on any atom is -0.486 e. The van der Waals surface area contributed by atoms with Crippen LogP contribution in [0.4, 0.5) is 0 Å². The molecule has 5 heteroatoms. The monoisotopic (exact) mass is 327 g/mol. The molecule has 2 aliphatic rings. The van der Waals surface area contributed by atoms with Gasteiger partial charge in [0.05, 0.1) is 12.7 Å². The Hall–Kier alpha value is -1.85. The molecule has 0 saturated carbocycles. The summed E-state index contributed by atoms with van der Waals surface area (Å²) in [5.74, 6) is 1.59. The first-order valence-electron chi connectivity index (χ1n) is 8.87. The van der Waals surface area contributed by atoms with Crippen molar-refractivity contribution in [3.05, 3.63) is 48.5 Å². The standard InChI is InChI=1S/C19H25N3O2/c1-4-18(11-20-7-1)24-19-14-21(12-16-5-9-23-10-6-16)13-17-3-2-8-22(17)15-19/h1-4,7-8,11,16,19H,5-6,9-10,12-15H2/t19-/m0/s1. The highest BCUT2D eigenvalue weighted by atomic mass is 16.5. The zero-order valence-electron chi connectivity index (χ0n) is 14.0. The first-order chi connectivity index (χ1) is 11.9. The largest absolute Gasteiger partial charge is 0.486 e. The Morgan fingerprint density at radius 3 is 2.92 bits per heavy atom. The topological polar surface area (TPSA) is 39.5 Å². The molecule has 2 aromatic heterocycles. The van der Waals surface area contributed by atoms with E-state index < -0.39 is 0 Å². The second-order valence-electron chi connectivity index (χ2n) is 6.83. The Balaban J connectivity index is 1.47. The van der Waals surface area contributed by atoms with Crippen molar-refractivity contribution in [2.75, 3.05) is 26.3 Å². The summed E-state index contributed by atoms with van der Waals surface area (Å²) in [6, 6.07) is 8.27. The van der Waals surface area contributed by atoms with Gasteiger partial charge in [-0.15, -0.1) is 0 Å². The third-order valence-electron chi connectivity index (χ3n) is 4.97. The molecule has 0 bridgehead atoms. The summed E-state index contributed by atoms with van der Waals surface area (Å²) >= 11 is 0. The van der Waals surface area contributed by atoms with Gasteiger partial charge < -0.3 is 14.0 Å². The summed E-state index contributed by atoms with van der Waals surface area (Å²) in [7, 11) is 0. The number of fused-ring (bicyclic) bond motifs is 1. The van der Waals surface area contributed by atoms with E-state index in [1.807, 2.05) is 12.1 Å². The van der Waals surface area contributed by atoms with Gasteiger partial charge in [-0.2, -0.15) is 0 Å². The van der Waals surface area contributed by atoms with Crippen LogP contribution in [0.25, 0.3) is 0 Å². The molecule has 0 unspecified atom stereocenters. The van der Waals surface area contributed by atoms with Gasteiger partial charge in [-0.05, 0) is 43.0 Å². The predicted molar refractivity (Wildman–Crippen MR) is 91.9 cm³/mol. The summed E-state index contributed by atoms with van der Waals surface area (Å²) in [6.07, 6.45) is 8.22. The fourth-order valence-electron chi connectivity index (χ4n) is 3.75. The van der Waals surface area contributed by atoms with E-state index >= 15 is 0 Å². The summed E-state index contributed by atoms with van der Waals surface area (Å²) in [4.78, 5) is 6.71. The average molecular weight is 327 g/mol. The van der Waals surface area contributed by atoms with Crippen molar-refractivity contribution < 1.29 is 9.47 Å². The molecule has 0 aromatic carbocycles. The van der Waals surface area contributed by atoms with Crippen LogP contribution in [0.1, 0.15) is 18.5 Å². The molecular formula is C19H25N3O2. The van der Waals surface area contributed by atoms with Crippen LogP contribution in [-0.4, -0.2) is 46.9 Å². The van der Waals surface area contributed by atoms with Crippen LogP contribution in [-0.2, 0) is 17.8 Å². The van der Waals surface area contributed by atoms with Crippen molar-refractivity contribution in [1.82, 2.24) is 14.5 Å². The molecule has 24 heavy (non-hydrogen) atoms. The van der Waals surface area contributed by atoms with E-state index in [4.69, 9.17) is 9.47 Å². The SMILES string of the molecule is c1cncc(O[C@H]2CN(CC3CCOCC3)Cc3cccn3C2)c1. The summed E-state index contributed by atoms with van der Waals surface area (Å²) in [5, 5.41) is 0. The van der Waals surface area contributed by atoms with Crippen molar-refractivity contribution in [2.45, 2.75) is 32.0 Å². The van der Waals surface area contributed by atoms with Crippen molar-refractivity contribution >= 4 is 0 Å². The molecule has 0 N–H and O–H groups in total. The molecule has 1 saturated heterocycles. The van der Waals surface area contributed by atoms with E-state index in [0.29, 0.717) is 0 Å². The zero-order valence-corrected chi connectivity index (χ0v) is 14.0. The molecule has 0 spiro atoms. The molecule has 2 aliphatic heterocycles.